The van der Waals surface area contributed by atoms with Crippen molar-refractivity contribution in [3.05, 3.63) is 0 Å². The number of hydrogen-bond acceptors (Lipinski definition) is 4. The summed E-state index contributed by atoms with van der Waals surface area (Å²) < 4.78 is 10.4. The van der Waals surface area contributed by atoms with Gasteiger partial charge >= 0.3 is 5.97 Å². The molecule has 4 nitrogen and oxygen atoms in total. The van der Waals surface area contributed by atoms with Gasteiger partial charge in [0.2, 0.25) is 0 Å². The molecular weight excluding hydrogens is 206 g/mol. The maximum atomic E-state index is 11.4. The zero-order chi connectivity index (χ0) is 12.2. The number of carbonyl (C=O) groups is 1. The number of rotatable bonds is 10. The summed E-state index contributed by atoms with van der Waals surface area (Å²) in [6.07, 6.45) is 4.17. The summed E-state index contributed by atoms with van der Waals surface area (Å²) in [4.78, 5) is 11.4. The van der Waals surface area contributed by atoms with Gasteiger partial charge in [0.1, 0.15) is 6.04 Å². The van der Waals surface area contributed by atoms with Gasteiger partial charge in [-0.3, -0.25) is 4.79 Å². The van der Waals surface area contributed by atoms with Gasteiger partial charge in [-0.15, -0.1) is 0 Å². The van der Waals surface area contributed by atoms with Crippen molar-refractivity contribution in [3.63, 3.8) is 0 Å². The van der Waals surface area contributed by atoms with Crippen LogP contribution >= 0.6 is 0 Å². The Morgan fingerprint density at radius 3 is 2.56 bits per heavy atom. The molecule has 0 heterocycles. The monoisotopic (exact) mass is 231 g/mol. The van der Waals surface area contributed by atoms with Crippen molar-refractivity contribution >= 4 is 5.97 Å². The van der Waals surface area contributed by atoms with Gasteiger partial charge in [-0.1, -0.05) is 19.8 Å². The smallest absolute Gasteiger partial charge is 0.323 e. The van der Waals surface area contributed by atoms with E-state index in [0.29, 0.717) is 19.6 Å². The van der Waals surface area contributed by atoms with Gasteiger partial charge < -0.3 is 14.8 Å². The third kappa shape index (κ3) is 7.65. The van der Waals surface area contributed by atoms with E-state index in [1.54, 1.807) is 7.05 Å². The Morgan fingerprint density at radius 2 is 2.00 bits per heavy atom. The second-order valence-electron chi connectivity index (χ2n) is 3.70. The van der Waals surface area contributed by atoms with E-state index in [1.807, 2.05) is 6.92 Å². The molecule has 96 valence electrons. The molecule has 0 aliphatic carbocycles. The highest BCUT2D eigenvalue weighted by Gasteiger charge is 2.16. The summed E-state index contributed by atoms with van der Waals surface area (Å²) in [7, 11) is 1.76. The predicted octanol–water partition coefficient (Wildman–Crippen LogP) is 1.73. The second kappa shape index (κ2) is 10.9. The van der Waals surface area contributed by atoms with E-state index >= 15 is 0 Å². The molecule has 4 heteroatoms. The summed E-state index contributed by atoms with van der Waals surface area (Å²) >= 11 is 0. The Morgan fingerprint density at radius 1 is 1.25 bits per heavy atom. The van der Waals surface area contributed by atoms with Gasteiger partial charge in [-0.25, -0.2) is 0 Å². The number of unbranched alkanes of at least 4 members (excludes halogenated alkanes) is 2. The van der Waals surface area contributed by atoms with Gasteiger partial charge in [-0.05, 0) is 26.8 Å². The lowest BCUT2D eigenvalue weighted by molar-refractivity contribution is -0.146. The van der Waals surface area contributed by atoms with Gasteiger partial charge in [0, 0.05) is 13.2 Å². The van der Waals surface area contributed by atoms with Crippen molar-refractivity contribution in [3.8, 4) is 0 Å². The quantitative estimate of drug-likeness (QED) is 0.459. The molecule has 0 saturated carbocycles. The van der Waals surface area contributed by atoms with E-state index in [4.69, 9.17) is 9.47 Å². The van der Waals surface area contributed by atoms with Crippen LogP contribution in [0.2, 0.25) is 0 Å². The van der Waals surface area contributed by atoms with Crippen LogP contribution in [-0.4, -0.2) is 38.9 Å². The Balaban J connectivity index is 3.51. The summed E-state index contributed by atoms with van der Waals surface area (Å²) in [5, 5.41) is 2.93. The molecule has 0 spiro atoms. The van der Waals surface area contributed by atoms with E-state index in [1.165, 1.54) is 12.8 Å². The lowest BCUT2D eigenvalue weighted by Crippen LogP contribution is -2.36. The normalized spacial score (nSPS) is 12.4. The van der Waals surface area contributed by atoms with Crippen LogP contribution in [0.4, 0.5) is 0 Å². The van der Waals surface area contributed by atoms with Gasteiger partial charge in [0.05, 0.1) is 6.61 Å². The van der Waals surface area contributed by atoms with Crippen LogP contribution in [0.15, 0.2) is 0 Å². The number of likely N-dealkylation sites (N-methyl/N-ethyl adjacent to an activating group) is 1. The molecule has 0 rings (SSSR count). The molecule has 0 aliphatic rings. The zero-order valence-electron chi connectivity index (χ0n) is 10.8. The second-order valence-corrected chi connectivity index (χ2v) is 3.70. The van der Waals surface area contributed by atoms with Crippen molar-refractivity contribution in [2.45, 2.75) is 45.6 Å². The van der Waals surface area contributed by atoms with Gasteiger partial charge in [-0.2, -0.15) is 0 Å². The van der Waals surface area contributed by atoms with Crippen LogP contribution in [0, 0.1) is 0 Å². The highest BCUT2D eigenvalue weighted by atomic mass is 16.5. The van der Waals surface area contributed by atoms with Crippen LogP contribution < -0.4 is 5.32 Å². The van der Waals surface area contributed by atoms with Crippen LogP contribution in [0.5, 0.6) is 0 Å². The third-order valence-electron chi connectivity index (χ3n) is 2.36. The molecule has 0 fully saturated rings. The average molecular weight is 231 g/mol. The Bertz CT molecular complexity index is 174. The first-order chi connectivity index (χ1) is 7.76. The topological polar surface area (TPSA) is 47.6 Å². The van der Waals surface area contributed by atoms with Crippen molar-refractivity contribution in [2.24, 2.45) is 0 Å². The molecule has 0 saturated heterocycles. The minimum absolute atomic E-state index is 0.192. The van der Waals surface area contributed by atoms with Crippen LogP contribution in [0.25, 0.3) is 0 Å². The first kappa shape index (κ1) is 15.4. The van der Waals surface area contributed by atoms with E-state index in [-0.39, 0.29) is 12.0 Å². The maximum absolute atomic E-state index is 11.4. The number of hydrogen-bond donors (Lipinski definition) is 1. The molecule has 0 aromatic heterocycles. The number of carbonyl (C=O) groups excluding carboxylic acids is 1. The fourth-order valence-corrected chi connectivity index (χ4v) is 1.38. The zero-order valence-corrected chi connectivity index (χ0v) is 10.8. The van der Waals surface area contributed by atoms with Crippen molar-refractivity contribution in [1.82, 2.24) is 5.32 Å². The highest BCUT2D eigenvalue weighted by Crippen LogP contribution is 1.98. The number of nitrogens with one attached hydrogen (secondary N) is 1. The third-order valence-corrected chi connectivity index (χ3v) is 2.36. The fourth-order valence-electron chi connectivity index (χ4n) is 1.38. The molecule has 0 aromatic carbocycles. The molecule has 0 aromatic rings. The lowest BCUT2D eigenvalue weighted by atomic mass is 10.2. The number of esters is 1. The summed E-state index contributed by atoms with van der Waals surface area (Å²) in [5.74, 6) is -0.192. The first-order valence-corrected chi connectivity index (χ1v) is 6.17. The van der Waals surface area contributed by atoms with Crippen molar-refractivity contribution < 1.29 is 14.3 Å². The van der Waals surface area contributed by atoms with E-state index in [0.717, 1.165) is 13.0 Å². The molecule has 1 N–H and O–H groups in total. The Hall–Kier alpha value is -0.610. The summed E-state index contributed by atoms with van der Waals surface area (Å²) in [6.45, 7) is 5.79. The van der Waals surface area contributed by atoms with Gasteiger partial charge in [0.15, 0.2) is 0 Å². The summed E-state index contributed by atoms with van der Waals surface area (Å²) in [5.41, 5.74) is 0. The standard InChI is InChI=1S/C12H25NO3/c1-4-6-7-9-15-10-8-11(13-3)12(14)16-5-2/h11,13H,4-10H2,1-3H3. The highest BCUT2D eigenvalue weighted by molar-refractivity contribution is 5.75. The number of ether oxygens (including phenoxy) is 2. The molecule has 0 amide bonds. The van der Waals surface area contributed by atoms with Crippen LogP contribution in [-0.2, 0) is 14.3 Å². The molecule has 0 bridgehead atoms. The van der Waals surface area contributed by atoms with E-state index in [9.17, 15) is 4.79 Å². The molecule has 1 unspecified atom stereocenters. The maximum Gasteiger partial charge on any atom is 0.323 e. The van der Waals surface area contributed by atoms with E-state index in [2.05, 4.69) is 12.2 Å². The fraction of sp³-hybridized carbons (Fsp3) is 0.917. The summed E-state index contributed by atoms with van der Waals surface area (Å²) in [6, 6.07) is -0.244. The molecule has 0 radical (unpaired) electrons. The van der Waals surface area contributed by atoms with E-state index < -0.39 is 0 Å². The molecule has 16 heavy (non-hydrogen) atoms. The average Bonchev–Trinajstić information content (AvgIpc) is 2.28. The van der Waals surface area contributed by atoms with Crippen molar-refractivity contribution in [2.75, 3.05) is 26.9 Å². The van der Waals surface area contributed by atoms with Gasteiger partial charge in [0.25, 0.3) is 0 Å². The molecular formula is C12H25NO3. The minimum atomic E-state index is -0.244. The minimum Gasteiger partial charge on any atom is -0.465 e. The van der Waals surface area contributed by atoms with Crippen LogP contribution in [0.1, 0.15) is 39.5 Å². The van der Waals surface area contributed by atoms with Crippen LogP contribution in [0.3, 0.4) is 0 Å². The molecule has 0 aliphatic heterocycles. The Kier molecular flexibility index (Phi) is 10.5. The first-order valence-electron chi connectivity index (χ1n) is 6.17. The predicted molar refractivity (Wildman–Crippen MR) is 64.4 cm³/mol. The largest absolute Gasteiger partial charge is 0.465 e. The molecule has 1 atom stereocenters. The Labute approximate surface area is 98.7 Å². The van der Waals surface area contributed by atoms with Crippen molar-refractivity contribution in [1.29, 1.82) is 0 Å². The SMILES string of the molecule is CCCCCOCCC(NC)C(=O)OCC. The lowest BCUT2D eigenvalue weighted by Gasteiger charge is -2.14.